The number of carbonyl (C=O) groups is 1. The highest BCUT2D eigenvalue weighted by Gasteiger charge is 2.15. The second-order valence-corrected chi connectivity index (χ2v) is 7.28. The molecule has 1 N–H and O–H groups in total. The number of ether oxygens (including phenoxy) is 2. The molecule has 1 aromatic heterocycles. The van der Waals surface area contributed by atoms with Gasteiger partial charge in [0.2, 0.25) is 5.88 Å². The van der Waals surface area contributed by atoms with E-state index in [-0.39, 0.29) is 11.4 Å². The van der Waals surface area contributed by atoms with E-state index < -0.39 is 0 Å². The number of rotatable bonds is 5. The number of hydrogen-bond acceptors (Lipinski definition) is 5. The van der Waals surface area contributed by atoms with E-state index in [0.717, 1.165) is 5.56 Å². The van der Waals surface area contributed by atoms with Gasteiger partial charge in [0.1, 0.15) is 11.5 Å². The highest BCUT2D eigenvalue weighted by molar-refractivity contribution is 5.95. The molecule has 6 nitrogen and oxygen atoms in total. The van der Waals surface area contributed by atoms with Crippen LogP contribution in [0, 0.1) is 0 Å². The average Bonchev–Trinajstić information content (AvgIpc) is 2.67. The molecule has 0 saturated heterocycles. The predicted molar refractivity (Wildman–Crippen MR) is 108 cm³/mol. The van der Waals surface area contributed by atoms with Gasteiger partial charge in [0.25, 0.3) is 5.91 Å². The average molecular weight is 377 g/mol. The zero-order chi connectivity index (χ0) is 20.1. The van der Waals surface area contributed by atoms with Crippen molar-refractivity contribution in [2.75, 3.05) is 7.11 Å². The molecular weight excluding hydrogens is 354 g/mol. The maximum absolute atomic E-state index is 12.2. The molecule has 0 aliphatic carbocycles. The van der Waals surface area contributed by atoms with Crippen molar-refractivity contribution in [1.82, 2.24) is 15.3 Å². The van der Waals surface area contributed by atoms with E-state index in [0.29, 0.717) is 28.8 Å². The second kappa shape index (κ2) is 8.08. The van der Waals surface area contributed by atoms with E-state index in [1.54, 1.807) is 37.6 Å². The van der Waals surface area contributed by atoms with Crippen molar-refractivity contribution < 1.29 is 14.3 Å². The van der Waals surface area contributed by atoms with Crippen LogP contribution in [0.25, 0.3) is 11.4 Å². The van der Waals surface area contributed by atoms with Gasteiger partial charge in [-0.25, -0.2) is 4.98 Å². The molecule has 0 aliphatic rings. The number of methoxy groups -OCH3 is 1. The first-order chi connectivity index (χ1) is 13.3. The van der Waals surface area contributed by atoms with Crippen LogP contribution in [-0.2, 0) is 0 Å². The first kappa shape index (κ1) is 19.4. The molecule has 0 spiro atoms. The summed E-state index contributed by atoms with van der Waals surface area (Å²) in [6.07, 6.45) is 1.64. The van der Waals surface area contributed by atoms with Gasteiger partial charge in [-0.05, 0) is 45.0 Å². The molecule has 6 heteroatoms. The van der Waals surface area contributed by atoms with Gasteiger partial charge in [-0.2, -0.15) is 4.98 Å². The van der Waals surface area contributed by atoms with Crippen molar-refractivity contribution in [2.45, 2.75) is 26.3 Å². The highest BCUT2D eigenvalue weighted by Crippen LogP contribution is 2.25. The fraction of sp³-hybridized carbons (Fsp3) is 0.227. The lowest BCUT2D eigenvalue weighted by Gasteiger charge is -2.20. The normalized spacial score (nSPS) is 11.0. The van der Waals surface area contributed by atoms with E-state index >= 15 is 0 Å². The maximum atomic E-state index is 12.2. The summed E-state index contributed by atoms with van der Waals surface area (Å²) in [6, 6.07) is 16.1. The molecule has 3 aromatic rings. The number of nitrogens with one attached hydrogen (secondary N) is 1. The Kier molecular flexibility index (Phi) is 5.59. The Labute approximate surface area is 164 Å². The van der Waals surface area contributed by atoms with Gasteiger partial charge in [0.05, 0.1) is 7.11 Å². The first-order valence-corrected chi connectivity index (χ1v) is 8.92. The maximum Gasteiger partial charge on any atom is 0.251 e. The third kappa shape index (κ3) is 5.07. The molecular formula is C22H23N3O3. The van der Waals surface area contributed by atoms with Gasteiger partial charge in [-0.3, -0.25) is 4.79 Å². The van der Waals surface area contributed by atoms with Gasteiger partial charge < -0.3 is 14.8 Å². The van der Waals surface area contributed by atoms with Crippen LogP contribution in [0.5, 0.6) is 17.4 Å². The molecule has 1 amide bonds. The van der Waals surface area contributed by atoms with Gasteiger partial charge in [0, 0.05) is 35.0 Å². The molecule has 3 rings (SSSR count). The standard InChI is InChI=1S/C22H23N3O3/c1-22(2,3)25-21(26)16-10-8-15(9-11-16)20-23-13-12-19(24-20)28-18-7-5-6-17(14-18)27-4/h5-14H,1-4H3,(H,25,26). The van der Waals surface area contributed by atoms with Crippen LogP contribution in [0.1, 0.15) is 31.1 Å². The van der Waals surface area contributed by atoms with E-state index in [9.17, 15) is 4.79 Å². The molecule has 28 heavy (non-hydrogen) atoms. The lowest BCUT2D eigenvalue weighted by atomic mass is 10.1. The lowest BCUT2D eigenvalue weighted by molar-refractivity contribution is 0.0919. The monoisotopic (exact) mass is 377 g/mol. The number of aromatic nitrogens is 2. The largest absolute Gasteiger partial charge is 0.497 e. The van der Waals surface area contributed by atoms with Crippen LogP contribution in [0.15, 0.2) is 60.8 Å². The number of benzene rings is 2. The van der Waals surface area contributed by atoms with Crippen molar-refractivity contribution in [3.05, 3.63) is 66.4 Å². The van der Waals surface area contributed by atoms with Gasteiger partial charge in [-0.15, -0.1) is 0 Å². The molecule has 0 radical (unpaired) electrons. The summed E-state index contributed by atoms with van der Waals surface area (Å²) >= 11 is 0. The summed E-state index contributed by atoms with van der Waals surface area (Å²) in [5, 5.41) is 2.94. The molecule has 0 atom stereocenters. The van der Waals surface area contributed by atoms with Gasteiger partial charge >= 0.3 is 0 Å². The van der Waals surface area contributed by atoms with E-state index in [1.807, 2.05) is 51.1 Å². The second-order valence-electron chi connectivity index (χ2n) is 7.28. The smallest absolute Gasteiger partial charge is 0.251 e. The Morgan fingerprint density at radius 1 is 1.00 bits per heavy atom. The molecule has 0 aliphatic heterocycles. The quantitative estimate of drug-likeness (QED) is 0.710. The number of amides is 1. The van der Waals surface area contributed by atoms with Gasteiger partial charge in [0.15, 0.2) is 5.82 Å². The van der Waals surface area contributed by atoms with Crippen molar-refractivity contribution in [2.24, 2.45) is 0 Å². The summed E-state index contributed by atoms with van der Waals surface area (Å²) in [7, 11) is 1.60. The van der Waals surface area contributed by atoms with Crippen LogP contribution >= 0.6 is 0 Å². The third-order valence-electron chi connectivity index (χ3n) is 3.79. The van der Waals surface area contributed by atoms with Crippen LogP contribution < -0.4 is 14.8 Å². The summed E-state index contributed by atoms with van der Waals surface area (Å²) in [4.78, 5) is 21.0. The predicted octanol–water partition coefficient (Wildman–Crippen LogP) is 4.47. The van der Waals surface area contributed by atoms with Crippen molar-refractivity contribution >= 4 is 5.91 Å². The minimum absolute atomic E-state index is 0.116. The molecule has 144 valence electrons. The fourth-order valence-corrected chi connectivity index (χ4v) is 2.51. The van der Waals surface area contributed by atoms with Gasteiger partial charge in [-0.1, -0.05) is 18.2 Å². The van der Waals surface area contributed by atoms with Crippen molar-refractivity contribution in [3.63, 3.8) is 0 Å². The molecule has 2 aromatic carbocycles. The Morgan fingerprint density at radius 3 is 2.39 bits per heavy atom. The SMILES string of the molecule is COc1cccc(Oc2ccnc(-c3ccc(C(=O)NC(C)(C)C)cc3)n2)c1. The molecule has 1 heterocycles. The zero-order valence-corrected chi connectivity index (χ0v) is 16.4. The molecule has 0 fully saturated rings. The van der Waals surface area contributed by atoms with Crippen LogP contribution in [0.4, 0.5) is 0 Å². The number of hydrogen-bond donors (Lipinski definition) is 1. The number of carbonyl (C=O) groups excluding carboxylic acids is 1. The van der Waals surface area contributed by atoms with E-state index in [1.165, 1.54) is 0 Å². The summed E-state index contributed by atoms with van der Waals surface area (Å²) < 4.78 is 11.0. The summed E-state index contributed by atoms with van der Waals surface area (Å²) in [6.45, 7) is 5.84. The molecule has 0 bridgehead atoms. The third-order valence-corrected chi connectivity index (χ3v) is 3.79. The molecule has 0 saturated carbocycles. The Bertz CT molecular complexity index is 963. The topological polar surface area (TPSA) is 73.3 Å². The zero-order valence-electron chi connectivity index (χ0n) is 16.4. The van der Waals surface area contributed by atoms with Crippen molar-refractivity contribution in [3.8, 4) is 28.8 Å². The van der Waals surface area contributed by atoms with E-state index in [2.05, 4.69) is 15.3 Å². The summed E-state index contributed by atoms with van der Waals surface area (Å²) in [5.74, 6) is 2.15. The highest BCUT2D eigenvalue weighted by atomic mass is 16.5. The van der Waals surface area contributed by atoms with Crippen LogP contribution in [0.2, 0.25) is 0 Å². The van der Waals surface area contributed by atoms with E-state index in [4.69, 9.17) is 9.47 Å². The first-order valence-electron chi connectivity index (χ1n) is 8.92. The molecule has 0 unspecified atom stereocenters. The van der Waals surface area contributed by atoms with Crippen LogP contribution in [0.3, 0.4) is 0 Å². The Balaban J connectivity index is 1.77. The Morgan fingerprint density at radius 2 is 1.71 bits per heavy atom. The fourth-order valence-electron chi connectivity index (χ4n) is 2.51. The minimum Gasteiger partial charge on any atom is -0.497 e. The number of nitrogens with zero attached hydrogens (tertiary/aromatic N) is 2. The van der Waals surface area contributed by atoms with Crippen LogP contribution in [-0.4, -0.2) is 28.5 Å². The lowest BCUT2D eigenvalue weighted by Crippen LogP contribution is -2.40. The van der Waals surface area contributed by atoms with Crippen molar-refractivity contribution in [1.29, 1.82) is 0 Å². The summed E-state index contributed by atoms with van der Waals surface area (Å²) in [5.41, 5.74) is 1.09. The Hall–Kier alpha value is -3.41. The minimum atomic E-state index is -0.287.